The average molecular weight is 485 g/mol. The third-order valence-electron chi connectivity index (χ3n) is 5.74. The van der Waals surface area contributed by atoms with E-state index in [2.05, 4.69) is 4.98 Å². The van der Waals surface area contributed by atoms with Gasteiger partial charge < -0.3 is 25.5 Å². The fraction of sp³-hybridized carbons (Fsp3) is 0.179. The number of hydrogen-bond acceptors (Lipinski definition) is 6. The standard InChI is InChI=1S/C28H28N4O4/c1-17(29)16-32(18(2)33)22-12-10-21(11-13-22)30-26(19-7-5-4-6-8-19)25-23-14-9-20(28(35)36-3)15-24(23)31-27(25)34/h4-15,17,31,34H,16,29H2,1-3H3. The van der Waals surface area contributed by atoms with Gasteiger partial charge in [-0.25, -0.2) is 9.79 Å². The molecule has 4 rings (SSSR count). The summed E-state index contributed by atoms with van der Waals surface area (Å²) in [6, 6.07) is 21.7. The van der Waals surface area contributed by atoms with Crippen molar-refractivity contribution < 1.29 is 19.4 Å². The molecule has 0 aliphatic rings. The van der Waals surface area contributed by atoms with Crippen molar-refractivity contribution >= 4 is 39.9 Å². The van der Waals surface area contributed by atoms with Gasteiger partial charge in [0.05, 0.1) is 29.6 Å². The van der Waals surface area contributed by atoms with Crippen molar-refractivity contribution in [1.29, 1.82) is 0 Å². The minimum atomic E-state index is -0.465. The van der Waals surface area contributed by atoms with Crippen molar-refractivity contribution in [2.24, 2.45) is 10.7 Å². The second-order valence-corrected chi connectivity index (χ2v) is 8.55. The molecule has 0 saturated heterocycles. The number of aromatic amines is 1. The van der Waals surface area contributed by atoms with E-state index in [1.807, 2.05) is 61.5 Å². The Balaban J connectivity index is 1.81. The minimum Gasteiger partial charge on any atom is -0.494 e. The van der Waals surface area contributed by atoms with Crippen molar-refractivity contribution in [3.05, 3.63) is 89.5 Å². The van der Waals surface area contributed by atoms with E-state index in [0.29, 0.717) is 40.0 Å². The first kappa shape index (κ1) is 24.7. The number of benzene rings is 3. The lowest BCUT2D eigenvalue weighted by atomic mass is 10.00. The minimum absolute atomic E-state index is 0.0640. The van der Waals surface area contributed by atoms with Gasteiger partial charge in [0.1, 0.15) is 0 Å². The number of carbonyl (C=O) groups is 2. The van der Waals surface area contributed by atoms with Gasteiger partial charge in [0.2, 0.25) is 5.91 Å². The molecule has 3 aromatic carbocycles. The quantitative estimate of drug-likeness (QED) is 0.263. The number of aliphatic imine (C=N–C) groups is 1. The summed E-state index contributed by atoms with van der Waals surface area (Å²) < 4.78 is 4.81. The molecule has 36 heavy (non-hydrogen) atoms. The monoisotopic (exact) mass is 484 g/mol. The lowest BCUT2D eigenvalue weighted by Crippen LogP contribution is -2.38. The Kier molecular flexibility index (Phi) is 7.17. The van der Waals surface area contributed by atoms with Gasteiger partial charge in [0.25, 0.3) is 0 Å². The van der Waals surface area contributed by atoms with Crippen molar-refractivity contribution in [2.45, 2.75) is 19.9 Å². The molecule has 0 spiro atoms. The Hall–Kier alpha value is -4.43. The summed E-state index contributed by atoms with van der Waals surface area (Å²) in [7, 11) is 1.32. The highest BCUT2D eigenvalue weighted by Gasteiger charge is 2.20. The molecule has 1 aromatic heterocycles. The number of hydrogen-bond donors (Lipinski definition) is 3. The smallest absolute Gasteiger partial charge is 0.337 e. The van der Waals surface area contributed by atoms with E-state index in [9.17, 15) is 14.7 Å². The van der Waals surface area contributed by atoms with E-state index in [4.69, 9.17) is 15.5 Å². The second-order valence-electron chi connectivity index (χ2n) is 8.55. The maximum Gasteiger partial charge on any atom is 0.337 e. The molecule has 0 radical (unpaired) electrons. The number of ether oxygens (including phenoxy) is 1. The van der Waals surface area contributed by atoms with Gasteiger partial charge in [-0.05, 0) is 43.3 Å². The normalized spacial score (nSPS) is 12.4. The molecule has 4 N–H and O–H groups in total. The lowest BCUT2D eigenvalue weighted by molar-refractivity contribution is -0.116. The summed E-state index contributed by atoms with van der Waals surface area (Å²) >= 11 is 0. The highest BCUT2D eigenvalue weighted by molar-refractivity contribution is 6.22. The van der Waals surface area contributed by atoms with Gasteiger partial charge in [-0.3, -0.25) is 4.79 Å². The molecule has 184 valence electrons. The van der Waals surface area contributed by atoms with Crippen LogP contribution in [0.1, 0.15) is 35.3 Å². The zero-order chi connectivity index (χ0) is 25.8. The molecular formula is C28H28N4O4. The van der Waals surface area contributed by atoms with E-state index in [-0.39, 0.29) is 17.8 Å². The van der Waals surface area contributed by atoms with Gasteiger partial charge >= 0.3 is 5.97 Å². The number of esters is 1. The van der Waals surface area contributed by atoms with E-state index in [0.717, 1.165) is 11.3 Å². The van der Waals surface area contributed by atoms with Crippen LogP contribution in [-0.2, 0) is 9.53 Å². The molecule has 0 aliphatic heterocycles. The van der Waals surface area contributed by atoms with E-state index in [1.54, 1.807) is 23.1 Å². The van der Waals surface area contributed by atoms with Crippen molar-refractivity contribution in [3.63, 3.8) is 0 Å². The summed E-state index contributed by atoms with van der Waals surface area (Å²) in [5.41, 5.74) is 10.1. The zero-order valence-corrected chi connectivity index (χ0v) is 20.4. The average Bonchev–Trinajstić information content (AvgIpc) is 3.20. The van der Waals surface area contributed by atoms with Gasteiger partial charge in [-0.1, -0.05) is 36.4 Å². The predicted molar refractivity (Wildman–Crippen MR) is 141 cm³/mol. The molecule has 0 fully saturated rings. The number of nitrogens with one attached hydrogen (secondary N) is 1. The number of nitrogens with two attached hydrogens (primary N) is 1. The van der Waals surface area contributed by atoms with Crippen molar-refractivity contribution in [2.75, 3.05) is 18.6 Å². The fourth-order valence-corrected chi connectivity index (χ4v) is 4.07. The topological polar surface area (TPSA) is 121 Å². The Labute approximate surface area is 209 Å². The number of H-pyrrole nitrogens is 1. The van der Waals surface area contributed by atoms with E-state index < -0.39 is 5.97 Å². The van der Waals surface area contributed by atoms with Crippen LogP contribution in [0.4, 0.5) is 11.4 Å². The summed E-state index contributed by atoms with van der Waals surface area (Å²) in [5, 5.41) is 11.6. The molecule has 1 atom stereocenters. The molecule has 0 saturated carbocycles. The number of aromatic hydroxyl groups is 1. The molecule has 0 bridgehead atoms. The van der Waals surface area contributed by atoms with E-state index >= 15 is 0 Å². The molecule has 0 aliphatic carbocycles. The van der Waals surface area contributed by atoms with Crippen LogP contribution in [-0.4, -0.2) is 47.4 Å². The number of methoxy groups -OCH3 is 1. The van der Waals surface area contributed by atoms with Crippen LogP contribution in [0.25, 0.3) is 10.9 Å². The van der Waals surface area contributed by atoms with E-state index in [1.165, 1.54) is 14.0 Å². The van der Waals surface area contributed by atoms with Gasteiger partial charge in [-0.2, -0.15) is 0 Å². The number of anilines is 1. The summed E-state index contributed by atoms with van der Waals surface area (Å²) in [4.78, 5) is 33.5. The van der Waals surface area contributed by atoms with Crippen molar-refractivity contribution in [1.82, 2.24) is 4.98 Å². The van der Waals surface area contributed by atoms with Crippen molar-refractivity contribution in [3.8, 4) is 5.88 Å². The molecule has 8 nitrogen and oxygen atoms in total. The molecule has 1 heterocycles. The molecule has 1 unspecified atom stereocenters. The first-order chi connectivity index (χ1) is 17.3. The summed E-state index contributed by atoms with van der Waals surface area (Å²) in [5.74, 6) is -0.622. The van der Waals surface area contributed by atoms with Gasteiger partial charge in [0.15, 0.2) is 5.88 Å². The number of rotatable bonds is 7. The lowest BCUT2D eigenvalue weighted by Gasteiger charge is -2.23. The Morgan fingerprint density at radius 1 is 1.06 bits per heavy atom. The molecular weight excluding hydrogens is 456 g/mol. The first-order valence-electron chi connectivity index (χ1n) is 11.5. The summed E-state index contributed by atoms with van der Waals surface area (Å²) in [6.45, 7) is 3.76. The van der Waals surface area contributed by atoms with Crippen LogP contribution in [0, 0.1) is 0 Å². The summed E-state index contributed by atoms with van der Waals surface area (Å²) in [6.07, 6.45) is 0. The second kappa shape index (κ2) is 10.5. The number of nitrogens with zero attached hydrogens (tertiary/aromatic N) is 2. The van der Waals surface area contributed by atoms with Crippen LogP contribution in [0.5, 0.6) is 5.88 Å². The Morgan fingerprint density at radius 3 is 2.36 bits per heavy atom. The molecule has 1 amide bonds. The van der Waals surface area contributed by atoms with Gasteiger partial charge in [-0.15, -0.1) is 0 Å². The number of carbonyl (C=O) groups excluding carboxylic acids is 2. The van der Waals surface area contributed by atoms with Crippen LogP contribution in [0.2, 0.25) is 0 Å². The zero-order valence-electron chi connectivity index (χ0n) is 20.4. The van der Waals surface area contributed by atoms with Gasteiger partial charge in [0, 0.05) is 41.7 Å². The third-order valence-corrected chi connectivity index (χ3v) is 5.74. The Bertz CT molecular complexity index is 1420. The highest BCUT2D eigenvalue weighted by Crippen LogP contribution is 2.32. The largest absolute Gasteiger partial charge is 0.494 e. The van der Waals surface area contributed by atoms with Crippen LogP contribution < -0.4 is 10.6 Å². The maximum absolute atomic E-state index is 12.1. The number of fused-ring (bicyclic) bond motifs is 1. The first-order valence-corrected chi connectivity index (χ1v) is 11.5. The molecule has 8 heteroatoms. The van der Waals surface area contributed by atoms with Crippen LogP contribution in [0.3, 0.4) is 0 Å². The third kappa shape index (κ3) is 5.13. The number of amides is 1. The highest BCUT2D eigenvalue weighted by atomic mass is 16.5. The fourth-order valence-electron chi connectivity index (χ4n) is 4.07. The van der Waals surface area contributed by atoms with Crippen LogP contribution in [0.15, 0.2) is 77.8 Å². The SMILES string of the molecule is COC(=O)c1ccc2c(C(=Nc3ccc(N(CC(C)N)C(C)=O)cc3)c3ccccc3)c(O)[nH]c2c1. The predicted octanol–water partition coefficient (Wildman–Crippen LogP) is 4.53. The maximum atomic E-state index is 12.1. The Morgan fingerprint density at radius 2 is 1.75 bits per heavy atom. The number of aromatic nitrogens is 1. The van der Waals surface area contributed by atoms with Crippen LogP contribution >= 0.6 is 0 Å². The molecule has 4 aromatic rings.